The van der Waals surface area contributed by atoms with Crippen LogP contribution in [-0.4, -0.2) is 30.4 Å². The Kier molecular flexibility index (Phi) is 5.09. The average Bonchev–Trinajstić information content (AvgIpc) is 2.28. The van der Waals surface area contributed by atoms with Gasteiger partial charge in [-0.05, 0) is 31.7 Å². The molecule has 0 spiro atoms. The van der Waals surface area contributed by atoms with Gasteiger partial charge in [-0.2, -0.15) is 0 Å². The molecule has 1 aliphatic carbocycles. The predicted octanol–water partition coefficient (Wildman–Crippen LogP) is 1.76. The summed E-state index contributed by atoms with van der Waals surface area (Å²) in [7, 11) is 1.94. The zero-order valence-corrected chi connectivity index (χ0v) is 10.0. The summed E-state index contributed by atoms with van der Waals surface area (Å²) >= 11 is 0. The summed E-state index contributed by atoms with van der Waals surface area (Å²) in [6.07, 6.45) is 6.44. The monoisotopic (exact) mass is 212 g/mol. The Bertz CT molecular complexity index is 206. The average molecular weight is 212 g/mol. The van der Waals surface area contributed by atoms with Crippen molar-refractivity contribution in [3.63, 3.8) is 0 Å². The van der Waals surface area contributed by atoms with Gasteiger partial charge < -0.3 is 10.6 Å². The second-order valence-corrected chi connectivity index (χ2v) is 4.60. The molecule has 1 saturated carbocycles. The molecule has 2 atom stereocenters. The van der Waals surface area contributed by atoms with Crippen molar-refractivity contribution in [2.24, 2.45) is 11.7 Å². The zero-order chi connectivity index (χ0) is 11.3. The summed E-state index contributed by atoms with van der Waals surface area (Å²) in [5.74, 6) is 0.799. The molecule has 0 aromatic rings. The van der Waals surface area contributed by atoms with Crippen LogP contribution in [0.1, 0.15) is 45.4 Å². The van der Waals surface area contributed by atoms with Crippen molar-refractivity contribution in [3.05, 3.63) is 0 Å². The molecule has 1 rings (SSSR count). The molecule has 0 heterocycles. The van der Waals surface area contributed by atoms with Gasteiger partial charge in [0, 0.05) is 19.5 Å². The van der Waals surface area contributed by atoms with Gasteiger partial charge in [-0.15, -0.1) is 0 Å². The van der Waals surface area contributed by atoms with E-state index in [1.54, 1.807) is 0 Å². The third-order valence-corrected chi connectivity index (χ3v) is 3.53. The fraction of sp³-hybridized carbons (Fsp3) is 0.917. The molecule has 1 fully saturated rings. The molecule has 0 bridgehead atoms. The van der Waals surface area contributed by atoms with Gasteiger partial charge in [0.15, 0.2) is 0 Å². The van der Waals surface area contributed by atoms with Crippen molar-refractivity contribution in [1.82, 2.24) is 4.90 Å². The van der Waals surface area contributed by atoms with Gasteiger partial charge in [0.1, 0.15) is 0 Å². The van der Waals surface area contributed by atoms with Gasteiger partial charge >= 0.3 is 0 Å². The molecule has 1 amide bonds. The molecule has 1 aliphatic rings. The van der Waals surface area contributed by atoms with Crippen LogP contribution in [0.4, 0.5) is 0 Å². The maximum atomic E-state index is 11.8. The second kappa shape index (κ2) is 6.11. The number of hydrogen-bond donors (Lipinski definition) is 1. The first-order valence-corrected chi connectivity index (χ1v) is 6.16. The summed E-state index contributed by atoms with van der Waals surface area (Å²) in [5, 5.41) is 0. The van der Waals surface area contributed by atoms with Crippen LogP contribution in [-0.2, 0) is 4.79 Å². The number of hydrogen-bond acceptors (Lipinski definition) is 2. The Labute approximate surface area is 93.0 Å². The van der Waals surface area contributed by atoms with Crippen LogP contribution in [0.3, 0.4) is 0 Å². The van der Waals surface area contributed by atoms with Gasteiger partial charge in [0.2, 0.25) is 5.91 Å². The number of rotatable bonds is 4. The van der Waals surface area contributed by atoms with E-state index in [2.05, 4.69) is 0 Å². The Morgan fingerprint density at radius 2 is 2.07 bits per heavy atom. The van der Waals surface area contributed by atoms with Crippen LogP contribution in [0.25, 0.3) is 0 Å². The van der Waals surface area contributed by atoms with Crippen molar-refractivity contribution >= 4 is 5.91 Å². The summed E-state index contributed by atoms with van der Waals surface area (Å²) in [6, 6.07) is 0.391. The lowest BCUT2D eigenvalue weighted by Gasteiger charge is -2.37. The molecule has 0 aliphatic heterocycles. The third-order valence-electron chi connectivity index (χ3n) is 3.53. The van der Waals surface area contributed by atoms with Crippen LogP contribution in [0.5, 0.6) is 0 Å². The van der Waals surface area contributed by atoms with Crippen molar-refractivity contribution in [3.8, 4) is 0 Å². The van der Waals surface area contributed by atoms with Crippen LogP contribution >= 0.6 is 0 Å². The summed E-state index contributed by atoms with van der Waals surface area (Å²) < 4.78 is 0. The minimum atomic E-state index is 0.280. The lowest BCUT2D eigenvalue weighted by atomic mass is 9.83. The molecule has 88 valence electrons. The molecule has 0 saturated heterocycles. The summed E-state index contributed by atoms with van der Waals surface area (Å²) in [5.41, 5.74) is 5.77. The number of nitrogens with zero attached hydrogens (tertiary/aromatic N) is 1. The molecule has 15 heavy (non-hydrogen) atoms. The topological polar surface area (TPSA) is 46.3 Å². The molecule has 0 aromatic carbocycles. The SMILES string of the molecule is CCCC(=O)N(C)C1CCCCC1CN. The zero-order valence-electron chi connectivity index (χ0n) is 10.0. The predicted molar refractivity (Wildman–Crippen MR) is 62.5 cm³/mol. The van der Waals surface area contributed by atoms with Gasteiger partial charge in [0.25, 0.3) is 0 Å². The maximum absolute atomic E-state index is 11.8. The van der Waals surface area contributed by atoms with Gasteiger partial charge in [-0.3, -0.25) is 4.79 Å². The highest BCUT2D eigenvalue weighted by atomic mass is 16.2. The normalized spacial score (nSPS) is 26.3. The number of nitrogens with two attached hydrogens (primary N) is 1. The Morgan fingerprint density at radius 1 is 1.40 bits per heavy atom. The molecule has 0 radical (unpaired) electrons. The van der Waals surface area contributed by atoms with Gasteiger partial charge in [0.05, 0.1) is 0 Å². The van der Waals surface area contributed by atoms with E-state index in [1.807, 2.05) is 18.9 Å². The molecule has 2 N–H and O–H groups in total. The van der Waals surface area contributed by atoms with E-state index < -0.39 is 0 Å². The first-order chi connectivity index (χ1) is 7.20. The molecular weight excluding hydrogens is 188 g/mol. The van der Waals surface area contributed by atoms with E-state index in [-0.39, 0.29) is 5.91 Å². The molecule has 3 heteroatoms. The second-order valence-electron chi connectivity index (χ2n) is 4.60. The van der Waals surface area contributed by atoms with Gasteiger partial charge in [-0.1, -0.05) is 19.8 Å². The molecule has 3 nitrogen and oxygen atoms in total. The van der Waals surface area contributed by atoms with Crippen molar-refractivity contribution in [2.75, 3.05) is 13.6 Å². The van der Waals surface area contributed by atoms with E-state index in [0.29, 0.717) is 24.9 Å². The standard InChI is InChI=1S/C12H24N2O/c1-3-6-12(15)14(2)11-8-5-4-7-10(11)9-13/h10-11H,3-9,13H2,1-2H3. The molecule has 0 aromatic heterocycles. The summed E-state index contributed by atoms with van der Waals surface area (Å²) in [4.78, 5) is 13.7. The van der Waals surface area contributed by atoms with E-state index in [4.69, 9.17) is 5.73 Å². The number of amides is 1. The maximum Gasteiger partial charge on any atom is 0.222 e. The highest BCUT2D eigenvalue weighted by Crippen LogP contribution is 2.27. The van der Waals surface area contributed by atoms with E-state index in [1.165, 1.54) is 19.3 Å². The highest BCUT2D eigenvalue weighted by Gasteiger charge is 2.29. The smallest absolute Gasteiger partial charge is 0.222 e. The van der Waals surface area contributed by atoms with Crippen molar-refractivity contribution in [1.29, 1.82) is 0 Å². The first kappa shape index (κ1) is 12.5. The molecular formula is C12H24N2O. The molecule has 2 unspecified atom stereocenters. The largest absolute Gasteiger partial charge is 0.342 e. The van der Waals surface area contributed by atoms with E-state index >= 15 is 0 Å². The summed E-state index contributed by atoms with van der Waals surface area (Å²) in [6.45, 7) is 2.77. The quantitative estimate of drug-likeness (QED) is 0.772. The Hall–Kier alpha value is -0.570. The highest BCUT2D eigenvalue weighted by molar-refractivity contribution is 5.76. The van der Waals surface area contributed by atoms with E-state index in [9.17, 15) is 4.79 Å². The first-order valence-electron chi connectivity index (χ1n) is 6.16. The van der Waals surface area contributed by atoms with Crippen molar-refractivity contribution < 1.29 is 4.79 Å². The van der Waals surface area contributed by atoms with Crippen LogP contribution < -0.4 is 5.73 Å². The van der Waals surface area contributed by atoms with Gasteiger partial charge in [-0.25, -0.2) is 0 Å². The van der Waals surface area contributed by atoms with Crippen LogP contribution in [0.15, 0.2) is 0 Å². The fourth-order valence-corrected chi connectivity index (χ4v) is 2.55. The minimum absolute atomic E-state index is 0.280. The van der Waals surface area contributed by atoms with Crippen LogP contribution in [0.2, 0.25) is 0 Å². The van der Waals surface area contributed by atoms with Crippen molar-refractivity contribution in [2.45, 2.75) is 51.5 Å². The third kappa shape index (κ3) is 3.20. The number of carbonyl (C=O) groups is 1. The fourth-order valence-electron chi connectivity index (χ4n) is 2.55. The lowest BCUT2D eigenvalue weighted by Crippen LogP contribution is -2.45. The Morgan fingerprint density at radius 3 is 2.67 bits per heavy atom. The lowest BCUT2D eigenvalue weighted by molar-refractivity contribution is -0.133. The number of carbonyl (C=O) groups excluding carboxylic acids is 1. The van der Waals surface area contributed by atoms with E-state index in [0.717, 1.165) is 12.8 Å². The minimum Gasteiger partial charge on any atom is -0.342 e. The van der Waals surface area contributed by atoms with Crippen LogP contribution in [0, 0.1) is 5.92 Å². The Balaban J connectivity index is 2.54.